The van der Waals surface area contributed by atoms with Crippen LogP contribution in [0.15, 0.2) is 30.3 Å². The van der Waals surface area contributed by atoms with Gasteiger partial charge in [-0.3, -0.25) is 0 Å². The van der Waals surface area contributed by atoms with Crippen LogP contribution >= 0.6 is 0 Å². The average Bonchev–Trinajstić information content (AvgIpc) is 3.07. The van der Waals surface area contributed by atoms with Gasteiger partial charge in [-0.15, -0.1) is 5.10 Å². The molecule has 1 aliphatic carbocycles. The van der Waals surface area contributed by atoms with Gasteiger partial charge in [0.1, 0.15) is 5.75 Å². The summed E-state index contributed by atoms with van der Waals surface area (Å²) in [6.07, 6.45) is 1.39. The van der Waals surface area contributed by atoms with E-state index < -0.39 is 0 Å². The second-order valence-corrected chi connectivity index (χ2v) is 5.88. The van der Waals surface area contributed by atoms with E-state index in [1.54, 1.807) is 6.07 Å². The van der Waals surface area contributed by atoms with Crippen molar-refractivity contribution in [2.45, 2.75) is 13.3 Å². The highest BCUT2D eigenvalue weighted by Crippen LogP contribution is 2.46. The summed E-state index contributed by atoms with van der Waals surface area (Å²) in [4.78, 5) is 2.41. The summed E-state index contributed by atoms with van der Waals surface area (Å²) in [7, 11) is 0. The summed E-state index contributed by atoms with van der Waals surface area (Å²) in [5.41, 5.74) is 3.60. The van der Waals surface area contributed by atoms with Crippen LogP contribution in [0, 0.1) is 18.8 Å². The summed E-state index contributed by atoms with van der Waals surface area (Å²) in [6, 6.07) is 9.33. The monoisotopic (exact) mass is 267 g/mol. The second kappa shape index (κ2) is 4.20. The van der Waals surface area contributed by atoms with Gasteiger partial charge in [-0.1, -0.05) is 12.1 Å². The van der Waals surface area contributed by atoms with Crippen molar-refractivity contribution in [3.63, 3.8) is 0 Å². The number of piperidine rings is 1. The van der Waals surface area contributed by atoms with Gasteiger partial charge in [0.25, 0.3) is 0 Å². The maximum Gasteiger partial charge on any atom is 0.125 e. The second-order valence-electron chi connectivity index (χ2n) is 5.88. The lowest BCUT2D eigenvalue weighted by atomic mass is 10.1. The molecule has 0 amide bonds. The van der Waals surface area contributed by atoms with Crippen LogP contribution in [0.3, 0.4) is 0 Å². The number of phenolic OH excluding ortho intramolecular Hbond substituents is 1. The Hall–Kier alpha value is -2.10. The van der Waals surface area contributed by atoms with Gasteiger partial charge in [0.05, 0.1) is 17.1 Å². The van der Waals surface area contributed by atoms with Crippen molar-refractivity contribution in [3.8, 4) is 17.0 Å². The first-order chi connectivity index (χ1) is 9.72. The fourth-order valence-electron chi connectivity index (χ4n) is 3.18. The van der Waals surface area contributed by atoms with Crippen LogP contribution in [0.4, 0.5) is 5.69 Å². The standard InChI is InChI=1S/C16H17N3O/c1-10-15(19-8-11-6-12(11)9-19)7-14(18-17-10)13-4-2-3-5-16(13)20/h2-5,7,11-12,20H,6,8-9H2,1H3/t11-,12+. The number of anilines is 1. The van der Waals surface area contributed by atoms with Crippen LogP contribution in [0.1, 0.15) is 12.1 Å². The third-order valence-electron chi connectivity index (χ3n) is 4.45. The zero-order chi connectivity index (χ0) is 13.7. The van der Waals surface area contributed by atoms with E-state index in [2.05, 4.69) is 21.2 Å². The van der Waals surface area contributed by atoms with Crippen molar-refractivity contribution >= 4 is 5.69 Å². The summed E-state index contributed by atoms with van der Waals surface area (Å²) >= 11 is 0. The molecule has 2 atom stereocenters. The first-order valence-electron chi connectivity index (χ1n) is 7.10. The molecule has 0 unspecified atom stereocenters. The molecule has 0 spiro atoms. The molecule has 4 nitrogen and oxygen atoms in total. The zero-order valence-electron chi connectivity index (χ0n) is 11.5. The Labute approximate surface area is 118 Å². The summed E-state index contributed by atoms with van der Waals surface area (Å²) in [6.45, 7) is 4.27. The molecule has 4 heteroatoms. The van der Waals surface area contributed by atoms with Crippen LogP contribution in [0.5, 0.6) is 5.75 Å². The summed E-state index contributed by atoms with van der Waals surface area (Å²) in [5.74, 6) is 2.02. The molecule has 1 aromatic carbocycles. The molecule has 1 aromatic heterocycles. The molecular formula is C16H17N3O. The third kappa shape index (κ3) is 1.83. The maximum absolute atomic E-state index is 9.96. The number of nitrogens with zero attached hydrogens (tertiary/aromatic N) is 3. The highest BCUT2D eigenvalue weighted by molar-refractivity contribution is 5.70. The van der Waals surface area contributed by atoms with Crippen molar-refractivity contribution in [3.05, 3.63) is 36.0 Å². The van der Waals surface area contributed by atoms with Gasteiger partial charge in [0, 0.05) is 18.7 Å². The Bertz CT molecular complexity index is 661. The van der Waals surface area contributed by atoms with Gasteiger partial charge < -0.3 is 10.0 Å². The average molecular weight is 267 g/mol. The molecule has 2 aliphatic rings. The Morgan fingerprint density at radius 3 is 2.65 bits per heavy atom. The van der Waals surface area contributed by atoms with Crippen molar-refractivity contribution in [2.24, 2.45) is 11.8 Å². The molecule has 0 bridgehead atoms. The Morgan fingerprint density at radius 2 is 1.90 bits per heavy atom. The van der Waals surface area contributed by atoms with E-state index in [1.165, 1.54) is 6.42 Å². The maximum atomic E-state index is 9.96. The summed E-state index contributed by atoms with van der Waals surface area (Å²) in [5, 5.41) is 18.5. The molecule has 2 heterocycles. The van der Waals surface area contributed by atoms with Crippen LogP contribution in [-0.4, -0.2) is 28.4 Å². The van der Waals surface area contributed by atoms with Gasteiger partial charge in [0.2, 0.25) is 0 Å². The first kappa shape index (κ1) is 11.7. The molecule has 2 fully saturated rings. The van der Waals surface area contributed by atoms with Gasteiger partial charge in [-0.05, 0) is 43.4 Å². The Balaban J connectivity index is 1.73. The van der Waals surface area contributed by atoms with Crippen LogP contribution < -0.4 is 4.90 Å². The fraction of sp³-hybridized carbons (Fsp3) is 0.375. The number of rotatable bonds is 2. The van der Waals surface area contributed by atoms with Crippen molar-refractivity contribution in [1.29, 1.82) is 0 Å². The van der Waals surface area contributed by atoms with E-state index in [-0.39, 0.29) is 5.75 Å². The molecule has 1 saturated heterocycles. The quantitative estimate of drug-likeness (QED) is 0.908. The molecule has 102 valence electrons. The number of aromatic hydroxyl groups is 1. The normalized spacial score (nSPS) is 23.8. The molecule has 1 N–H and O–H groups in total. The van der Waals surface area contributed by atoms with Crippen molar-refractivity contribution < 1.29 is 5.11 Å². The van der Waals surface area contributed by atoms with Crippen LogP contribution in [0.2, 0.25) is 0 Å². The van der Waals surface area contributed by atoms with E-state index in [4.69, 9.17) is 0 Å². The molecule has 2 aromatic rings. The van der Waals surface area contributed by atoms with Crippen LogP contribution in [0.25, 0.3) is 11.3 Å². The number of aromatic nitrogens is 2. The summed E-state index contributed by atoms with van der Waals surface area (Å²) < 4.78 is 0. The fourth-order valence-corrected chi connectivity index (χ4v) is 3.18. The largest absolute Gasteiger partial charge is 0.507 e. The lowest BCUT2D eigenvalue weighted by Crippen LogP contribution is -2.23. The molecule has 0 radical (unpaired) electrons. The minimum Gasteiger partial charge on any atom is -0.507 e. The smallest absolute Gasteiger partial charge is 0.125 e. The lowest BCUT2D eigenvalue weighted by molar-refractivity contribution is 0.477. The van der Waals surface area contributed by atoms with Crippen LogP contribution in [-0.2, 0) is 0 Å². The minimum atomic E-state index is 0.251. The zero-order valence-corrected chi connectivity index (χ0v) is 11.5. The van der Waals surface area contributed by atoms with E-state index >= 15 is 0 Å². The van der Waals surface area contributed by atoms with E-state index in [0.717, 1.165) is 47.6 Å². The van der Waals surface area contributed by atoms with Gasteiger partial charge in [-0.2, -0.15) is 5.10 Å². The highest BCUT2D eigenvalue weighted by atomic mass is 16.3. The minimum absolute atomic E-state index is 0.251. The number of aryl methyl sites for hydroxylation is 1. The first-order valence-corrected chi connectivity index (χ1v) is 7.10. The Kier molecular flexibility index (Phi) is 2.46. The molecular weight excluding hydrogens is 250 g/mol. The third-order valence-corrected chi connectivity index (χ3v) is 4.45. The number of hydrogen-bond acceptors (Lipinski definition) is 4. The SMILES string of the molecule is Cc1nnc(-c2ccccc2O)cc1N1C[C@H]2C[C@H]2C1. The van der Waals surface area contributed by atoms with E-state index in [0.29, 0.717) is 0 Å². The predicted octanol–water partition coefficient (Wildman–Crippen LogP) is 2.61. The number of hydrogen-bond donors (Lipinski definition) is 1. The van der Waals surface area contributed by atoms with E-state index in [1.807, 2.05) is 25.1 Å². The van der Waals surface area contributed by atoms with Gasteiger partial charge in [-0.25, -0.2) is 0 Å². The molecule has 1 aliphatic heterocycles. The highest BCUT2D eigenvalue weighted by Gasteiger charge is 2.45. The number of benzene rings is 1. The van der Waals surface area contributed by atoms with Gasteiger partial charge >= 0.3 is 0 Å². The topological polar surface area (TPSA) is 49.3 Å². The van der Waals surface area contributed by atoms with E-state index in [9.17, 15) is 5.11 Å². The predicted molar refractivity (Wildman–Crippen MR) is 77.7 cm³/mol. The lowest BCUT2D eigenvalue weighted by Gasteiger charge is -2.22. The van der Waals surface area contributed by atoms with Crippen molar-refractivity contribution in [2.75, 3.05) is 18.0 Å². The number of para-hydroxylation sites is 1. The molecule has 1 saturated carbocycles. The number of phenols is 1. The number of fused-ring (bicyclic) bond motifs is 1. The molecule has 4 rings (SSSR count). The Morgan fingerprint density at radius 1 is 1.15 bits per heavy atom. The van der Waals surface area contributed by atoms with Crippen molar-refractivity contribution in [1.82, 2.24) is 10.2 Å². The van der Waals surface area contributed by atoms with Gasteiger partial charge in [0.15, 0.2) is 0 Å². The molecule has 20 heavy (non-hydrogen) atoms.